The summed E-state index contributed by atoms with van der Waals surface area (Å²) in [5.74, 6) is 0. The zero-order valence-electron chi connectivity index (χ0n) is 14.2. The van der Waals surface area contributed by atoms with Crippen LogP contribution in [0.1, 0.15) is 45.7 Å². The molecule has 0 aliphatic heterocycles. The number of pyridine rings is 1. The van der Waals surface area contributed by atoms with Crippen LogP contribution in [0.5, 0.6) is 0 Å². The van der Waals surface area contributed by atoms with E-state index in [0.29, 0.717) is 6.61 Å². The highest BCUT2D eigenvalue weighted by molar-refractivity contribution is 5.75. The van der Waals surface area contributed by atoms with E-state index in [0.717, 1.165) is 12.0 Å². The number of nitrogens with one attached hydrogen (secondary N) is 1. The lowest BCUT2D eigenvalue weighted by Crippen LogP contribution is -2.63. The Morgan fingerprint density at radius 1 is 1.50 bits per heavy atom. The van der Waals surface area contributed by atoms with Gasteiger partial charge in [-0.05, 0) is 38.0 Å². The van der Waals surface area contributed by atoms with Crippen molar-refractivity contribution in [2.24, 2.45) is 5.41 Å². The monoisotopic (exact) mass is 305 g/mol. The quantitative estimate of drug-likeness (QED) is 0.910. The molecule has 1 aromatic heterocycles. The van der Waals surface area contributed by atoms with Crippen LogP contribution < -0.4 is 5.32 Å². The van der Waals surface area contributed by atoms with Crippen molar-refractivity contribution in [1.82, 2.24) is 15.2 Å². The third-order valence-corrected chi connectivity index (χ3v) is 4.93. The van der Waals surface area contributed by atoms with Gasteiger partial charge in [0.05, 0.1) is 12.1 Å². The van der Waals surface area contributed by atoms with Gasteiger partial charge in [-0.3, -0.25) is 4.98 Å². The second-order valence-electron chi connectivity index (χ2n) is 6.57. The molecule has 1 aliphatic carbocycles. The van der Waals surface area contributed by atoms with Crippen molar-refractivity contribution in [3.05, 3.63) is 30.1 Å². The van der Waals surface area contributed by atoms with Gasteiger partial charge in [0, 0.05) is 37.5 Å². The van der Waals surface area contributed by atoms with Gasteiger partial charge in [0.25, 0.3) is 0 Å². The van der Waals surface area contributed by atoms with Gasteiger partial charge in [-0.2, -0.15) is 0 Å². The minimum Gasteiger partial charge on any atom is -0.378 e. The highest BCUT2D eigenvalue weighted by Gasteiger charge is 2.49. The van der Waals surface area contributed by atoms with Gasteiger partial charge in [0.15, 0.2) is 0 Å². The number of hydrogen-bond donors (Lipinski definition) is 1. The summed E-state index contributed by atoms with van der Waals surface area (Å²) < 4.78 is 5.71. The number of ether oxygens (including phenoxy) is 1. The number of urea groups is 1. The summed E-state index contributed by atoms with van der Waals surface area (Å²) in [6, 6.07) is 3.99. The molecule has 2 rings (SSSR count). The molecule has 5 heteroatoms. The van der Waals surface area contributed by atoms with Crippen LogP contribution in [0.25, 0.3) is 0 Å². The van der Waals surface area contributed by atoms with E-state index in [1.165, 1.54) is 0 Å². The average Bonchev–Trinajstić information content (AvgIpc) is 2.53. The minimum absolute atomic E-state index is 0.00822. The molecule has 22 heavy (non-hydrogen) atoms. The van der Waals surface area contributed by atoms with E-state index in [1.54, 1.807) is 17.3 Å². The molecule has 1 aromatic rings. The number of amides is 2. The van der Waals surface area contributed by atoms with Gasteiger partial charge in [0.2, 0.25) is 0 Å². The Hall–Kier alpha value is -1.62. The summed E-state index contributed by atoms with van der Waals surface area (Å²) in [6.45, 7) is 9.03. The van der Waals surface area contributed by atoms with E-state index in [1.807, 2.05) is 33.0 Å². The molecule has 0 bridgehead atoms. The highest BCUT2D eigenvalue weighted by Crippen LogP contribution is 2.42. The van der Waals surface area contributed by atoms with Crippen LogP contribution in [-0.4, -0.2) is 41.7 Å². The van der Waals surface area contributed by atoms with Crippen molar-refractivity contribution in [1.29, 1.82) is 0 Å². The molecule has 0 radical (unpaired) electrons. The molecule has 1 aliphatic rings. The lowest BCUT2D eigenvalue weighted by molar-refractivity contribution is -0.111. The van der Waals surface area contributed by atoms with Crippen LogP contribution in [0.3, 0.4) is 0 Å². The number of rotatable bonds is 5. The van der Waals surface area contributed by atoms with Gasteiger partial charge >= 0.3 is 6.03 Å². The van der Waals surface area contributed by atoms with Gasteiger partial charge in [-0.25, -0.2) is 4.79 Å². The molecule has 0 aromatic carbocycles. The Bertz CT molecular complexity index is 504. The maximum atomic E-state index is 12.5. The Kier molecular flexibility index (Phi) is 5.06. The molecule has 0 unspecified atom stereocenters. The summed E-state index contributed by atoms with van der Waals surface area (Å²) >= 11 is 0. The third kappa shape index (κ3) is 3.24. The largest absolute Gasteiger partial charge is 0.378 e. The fraction of sp³-hybridized carbons (Fsp3) is 0.647. The Labute approximate surface area is 133 Å². The number of carbonyl (C=O) groups excluding carboxylic acids is 1. The lowest BCUT2D eigenvalue weighted by Gasteiger charge is -2.52. The SMILES string of the molecule is CCO[C@@H]1C[C@H](NC(=O)N(C)[C@@H](C)c2ccncc2)C1(C)C. The van der Waals surface area contributed by atoms with E-state index in [4.69, 9.17) is 4.74 Å². The number of hydrogen-bond acceptors (Lipinski definition) is 3. The van der Waals surface area contributed by atoms with Gasteiger partial charge in [0.1, 0.15) is 0 Å². The Morgan fingerprint density at radius 2 is 2.14 bits per heavy atom. The minimum atomic E-state index is -0.0441. The van der Waals surface area contributed by atoms with E-state index in [-0.39, 0.29) is 29.6 Å². The first-order valence-electron chi connectivity index (χ1n) is 7.92. The van der Waals surface area contributed by atoms with Gasteiger partial charge in [-0.1, -0.05) is 13.8 Å². The molecule has 122 valence electrons. The lowest BCUT2D eigenvalue weighted by atomic mass is 9.64. The molecular weight excluding hydrogens is 278 g/mol. The summed E-state index contributed by atoms with van der Waals surface area (Å²) in [6.07, 6.45) is 4.61. The topological polar surface area (TPSA) is 54.5 Å². The first kappa shape index (κ1) is 16.7. The highest BCUT2D eigenvalue weighted by atomic mass is 16.5. The molecule has 1 N–H and O–H groups in total. The van der Waals surface area contributed by atoms with Gasteiger partial charge in [-0.15, -0.1) is 0 Å². The average molecular weight is 305 g/mol. The summed E-state index contributed by atoms with van der Waals surface area (Å²) in [5.41, 5.74) is 1.06. The zero-order valence-corrected chi connectivity index (χ0v) is 14.2. The summed E-state index contributed by atoms with van der Waals surface area (Å²) in [7, 11) is 1.83. The van der Waals surface area contributed by atoms with Crippen molar-refractivity contribution in [3.63, 3.8) is 0 Å². The molecular formula is C17H27N3O2. The number of nitrogens with zero attached hydrogens (tertiary/aromatic N) is 2. The Morgan fingerprint density at radius 3 is 2.68 bits per heavy atom. The van der Waals surface area contributed by atoms with Crippen molar-refractivity contribution in [2.45, 2.75) is 52.3 Å². The van der Waals surface area contributed by atoms with E-state index in [9.17, 15) is 4.79 Å². The first-order chi connectivity index (χ1) is 10.4. The van der Waals surface area contributed by atoms with Crippen LogP contribution >= 0.6 is 0 Å². The molecule has 2 amide bonds. The second kappa shape index (κ2) is 6.65. The second-order valence-corrected chi connectivity index (χ2v) is 6.57. The number of aromatic nitrogens is 1. The molecule has 0 spiro atoms. The van der Waals surface area contributed by atoms with Crippen LogP contribution in [-0.2, 0) is 4.74 Å². The first-order valence-corrected chi connectivity index (χ1v) is 7.92. The standard InChI is InChI=1S/C17H27N3O2/c1-6-22-15-11-14(17(15,3)4)19-16(21)20(5)12(2)13-7-9-18-10-8-13/h7-10,12,14-15H,6,11H2,1-5H3,(H,19,21)/t12-,14-,15+/m0/s1. The third-order valence-electron chi connectivity index (χ3n) is 4.93. The maximum Gasteiger partial charge on any atom is 0.317 e. The van der Waals surface area contributed by atoms with Crippen molar-refractivity contribution in [3.8, 4) is 0 Å². The molecule has 1 saturated carbocycles. The molecule has 1 fully saturated rings. The molecule has 1 heterocycles. The Balaban J connectivity index is 1.93. The fourth-order valence-electron chi connectivity index (χ4n) is 2.91. The van der Waals surface area contributed by atoms with Crippen LogP contribution in [0.2, 0.25) is 0 Å². The predicted octanol–water partition coefficient (Wildman–Crippen LogP) is 2.99. The molecule has 5 nitrogen and oxygen atoms in total. The van der Waals surface area contributed by atoms with Crippen molar-refractivity contribution in [2.75, 3.05) is 13.7 Å². The maximum absolute atomic E-state index is 12.5. The summed E-state index contributed by atoms with van der Waals surface area (Å²) in [4.78, 5) is 18.2. The molecule has 3 atom stereocenters. The molecule has 0 saturated heterocycles. The van der Waals surface area contributed by atoms with Crippen molar-refractivity contribution < 1.29 is 9.53 Å². The van der Waals surface area contributed by atoms with Crippen molar-refractivity contribution >= 4 is 6.03 Å². The van der Waals surface area contributed by atoms with Gasteiger partial charge < -0.3 is 15.0 Å². The summed E-state index contributed by atoms with van der Waals surface area (Å²) in [5, 5.41) is 3.14. The van der Waals surface area contributed by atoms with E-state index < -0.39 is 0 Å². The van der Waals surface area contributed by atoms with E-state index >= 15 is 0 Å². The fourth-order valence-corrected chi connectivity index (χ4v) is 2.91. The normalized spacial score (nSPS) is 24.2. The predicted molar refractivity (Wildman–Crippen MR) is 86.5 cm³/mol. The van der Waals surface area contributed by atoms with Crippen LogP contribution in [0, 0.1) is 5.41 Å². The van der Waals surface area contributed by atoms with E-state index in [2.05, 4.69) is 24.1 Å². The smallest absolute Gasteiger partial charge is 0.317 e. The van der Waals surface area contributed by atoms with Crippen LogP contribution in [0.15, 0.2) is 24.5 Å². The van der Waals surface area contributed by atoms with Crippen LogP contribution in [0.4, 0.5) is 4.79 Å². The zero-order chi connectivity index (χ0) is 16.3. The number of carbonyl (C=O) groups is 1.